The summed E-state index contributed by atoms with van der Waals surface area (Å²) >= 11 is 0. The second-order valence-electron chi connectivity index (χ2n) is 5.63. The van der Waals surface area contributed by atoms with Crippen molar-refractivity contribution in [3.05, 3.63) is 30.1 Å². The quantitative estimate of drug-likeness (QED) is 0.864. The van der Waals surface area contributed by atoms with Gasteiger partial charge in [0.05, 0.1) is 17.9 Å². The topological polar surface area (TPSA) is 79.3 Å². The van der Waals surface area contributed by atoms with Crippen molar-refractivity contribution in [1.29, 1.82) is 0 Å². The summed E-state index contributed by atoms with van der Waals surface area (Å²) in [5, 5.41) is 11.9. The van der Waals surface area contributed by atoms with E-state index >= 15 is 0 Å². The van der Waals surface area contributed by atoms with Crippen LogP contribution in [0.5, 0.6) is 0 Å². The van der Waals surface area contributed by atoms with Crippen LogP contribution in [0.15, 0.2) is 24.5 Å². The molecule has 1 fully saturated rings. The molecule has 2 N–H and O–H groups in total. The van der Waals surface area contributed by atoms with Crippen molar-refractivity contribution in [2.24, 2.45) is 17.3 Å². The molecule has 0 radical (unpaired) electrons. The van der Waals surface area contributed by atoms with Gasteiger partial charge in [-0.3, -0.25) is 14.6 Å². The van der Waals surface area contributed by atoms with Gasteiger partial charge in [-0.15, -0.1) is 0 Å². The molecule has 19 heavy (non-hydrogen) atoms. The third-order valence-corrected chi connectivity index (χ3v) is 3.94. The Morgan fingerprint density at radius 3 is 2.37 bits per heavy atom. The van der Waals surface area contributed by atoms with Gasteiger partial charge in [-0.1, -0.05) is 13.8 Å². The average Bonchev–Trinajstić information content (AvgIpc) is 2.93. The number of carboxylic acid groups (broad SMARTS) is 1. The van der Waals surface area contributed by atoms with Gasteiger partial charge in [-0.2, -0.15) is 0 Å². The van der Waals surface area contributed by atoms with E-state index in [1.807, 2.05) is 32.9 Å². The van der Waals surface area contributed by atoms with Crippen LogP contribution in [0.4, 0.5) is 0 Å². The van der Waals surface area contributed by atoms with Gasteiger partial charge in [-0.05, 0) is 30.0 Å². The smallest absolute Gasteiger partial charge is 0.307 e. The van der Waals surface area contributed by atoms with Crippen molar-refractivity contribution in [3.63, 3.8) is 0 Å². The molecule has 1 heterocycles. The first kappa shape index (κ1) is 13.5. The Morgan fingerprint density at radius 1 is 1.32 bits per heavy atom. The molecule has 5 heteroatoms. The number of nitrogens with zero attached hydrogens (tertiary/aromatic N) is 1. The largest absolute Gasteiger partial charge is 0.481 e. The molecule has 0 unspecified atom stereocenters. The summed E-state index contributed by atoms with van der Waals surface area (Å²) in [6.45, 7) is 5.50. The molecule has 102 valence electrons. The van der Waals surface area contributed by atoms with Crippen LogP contribution in [-0.4, -0.2) is 22.0 Å². The lowest BCUT2D eigenvalue weighted by molar-refractivity contribution is -0.140. The van der Waals surface area contributed by atoms with Crippen molar-refractivity contribution in [2.45, 2.75) is 26.8 Å². The van der Waals surface area contributed by atoms with E-state index in [2.05, 4.69) is 10.3 Å². The van der Waals surface area contributed by atoms with Crippen LogP contribution in [0.2, 0.25) is 0 Å². The molecule has 1 aromatic rings. The number of hydrogen-bond donors (Lipinski definition) is 2. The monoisotopic (exact) mass is 262 g/mol. The minimum atomic E-state index is -0.901. The zero-order valence-electron chi connectivity index (χ0n) is 11.3. The standard InChI is InChI=1S/C14H18N2O3/c1-8(9-4-6-15-7-5-9)16-12(17)10-11(13(18)19)14(10,2)3/h4-8,10-11H,1-3H3,(H,16,17)(H,18,19)/t8-,10+,11-/m0/s1. The normalized spacial score (nSPS) is 25.4. The fourth-order valence-corrected chi connectivity index (χ4v) is 2.63. The summed E-state index contributed by atoms with van der Waals surface area (Å²) in [4.78, 5) is 27.1. The molecule has 1 aliphatic carbocycles. The molecule has 0 bridgehead atoms. The summed E-state index contributed by atoms with van der Waals surface area (Å²) in [7, 11) is 0. The van der Waals surface area contributed by atoms with Gasteiger partial charge in [0, 0.05) is 12.4 Å². The average molecular weight is 262 g/mol. The second kappa shape index (κ2) is 4.64. The molecule has 1 amide bonds. The molecule has 0 saturated heterocycles. The molecule has 5 nitrogen and oxygen atoms in total. The van der Waals surface area contributed by atoms with E-state index in [9.17, 15) is 9.59 Å². The molecule has 3 atom stereocenters. The third kappa shape index (κ3) is 2.45. The van der Waals surface area contributed by atoms with Gasteiger partial charge in [-0.25, -0.2) is 0 Å². The third-order valence-electron chi connectivity index (χ3n) is 3.94. The van der Waals surface area contributed by atoms with E-state index in [1.165, 1.54) is 0 Å². The SMILES string of the molecule is C[C@H](NC(=O)[C@H]1[C@@H](C(=O)O)C1(C)C)c1ccncc1. The maximum atomic E-state index is 12.1. The Labute approximate surface area is 112 Å². The van der Waals surface area contributed by atoms with Crippen LogP contribution in [0.3, 0.4) is 0 Å². The maximum Gasteiger partial charge on any atom is 0.307 e. The highest BCUT2D eigenvalue weighted by atomic mass is 16.4. The number of pyridine rings is 1. The first-order chi connectivity index (χ1) is 8.85. The van der Waals surface area contributed by atoms with E-state index in [4.69, 9.17) is 5.11 Å². The van der Waals surface area contributed by atoms with Gasteiger partial charge >= 0.3 is 5.97 Å². The number of carbonyl (C=O) groups excluding carboxylic acids is 1. The molecule has 1 saturated carbocycles. The number of aliphatic carboxylic acids is 1. The summed E-state index contributed by atoms with van der Waals surface area (Å²) in [5.41, 5.74) is 0.488. The Balaban J connectivity index is 2.02. The Morgan fingerprint density at radius 2 is 1.89 bits per heavy atom. The van der Waals surface area contributed by atoms with Gasteiger partial charge in [0.2, 0.25) is 5.91 Å². The molecular formula is C14H18N2O3. The number of nitrogens with one attached hydrogen (secondary N) is 1. The molecular weight excluding hydrogens is 244 g/mol. The van der Waals surface area contributed by atoms with Gasteiger partial charge in [0.25, 0.3) is 0 Å². The van der Waals surface area contributed by atoms with Crippen molar-refractivity contribution in [2.75, 3.05) is 0 Å². The van der Waals surface area contributed by atoms with E-state index in [-0.39, 0.29) is 11.9 Å². The highest BCUT2D eigenvalue weighted by Crippen LogP contribution is 2.58. The highest BCUT2D eigenvalue weighted by molar-refractivity contribution is 5.91. The first-order valence-corrected chi connectivity index (χ1v) is 6.29. The number of rotatable bonds is 4. The first-order valence-electron chi connectivity index (χ1n) is 6.29. The van der Waals surface area contributed by atoms with Crippen molar-refractivity contribution >= 4 is 11.9 Å². The number of amides is 1. The van der Waals surface area contributed by atoms with Crippen LogP contribution in [0.25, 0.3) is 0 Å². The highest BCUT2D eigenvalue weighted by Gasteiger charge is 2.65. The minimum absolute atomic E-state index is 0.152. The van der Waals surface area contributed by atoms with Crippen LogP contribution >= 0.6 is 0 Å². The Bertz CT molecular complexity index is 499. The molecule has 2 rings (SSSR count). The number of carbonyl (C=O) groups is 2. The lowest BCUT2D eigenvalue weighted by Gasteiger charge is -2.14. The van der Waals surface area contributed by atoms with Crippen molar-refractivity contribution in [3.8, 4) is 0 Å². The molecule has 1 aliphatic rings. The fraction of sp³-hybridized carbons (Fsp3) is 0.500. The number of aromatic nitrogens is 1. The zero-order valence-corrected chi connectivity index (χ0v) is 11.3. The Hall–Kier alpha value is -1.91. The van der Waals surface area contributed by atoms with Crippen LogP contribution in [0.1, 0.15) is 32.4 Å². The molecule has 1 aromatic heterocycles. The second-order valence-corrected chi connectivity index (χ2v) is 5.63. The van der Waals surface area contributed by atoms with Gasteiger partial charge < -0.3 is 10.4 Å². The summed E-state index contributed by atoms with van der Waals surface area (Å²) in [5.74, 6) is -2.13. The predicted octanol–water partition coefficient (Wildman–Crippen LogP) is 1.62. The molecule has 0 aromatic carbocycles. The molecule has 0 aliphatic heterocycles. The van der Waals surface area contributed by atoms with Crippen molar-refractivity contribution < 1.29 is 14.7 Å². The van der Waals surface area contributed by atoms with E-state index < -0.39 is 23.2 Å². The zero-order chi connectivity index (χ0) is 14.2. The van der Waals surface area contributed by atoms with Crippen LogP contribution in [0, 0.1) is 17.3 Å². The summed E-state index contributed by atoms with van der Waals surface area (Å²) in [6, 6.07) is 3.51. The maximum absolute atomic E-state index is 12.1. The van der Waals surface area contributed by atoms with E-state index in [1.54, 1.807) is 12.4 Å². The number of carboxylic acids is 1. The summed E-state index contributed by atoms with van der Waals surface area (Å²) in [6.07, 6.45) is 3.33. The van der Waals surface area contributed by atoms with Crippen LogP contribution < -0.4 is 5.32 Å². The fourth-order valence-electron chi connectivity index (χ4n) is 2.63. The van der Waals surface area contributed by atoms with Gasteiger partial charge in [0.1, 0.15) is 0 Å². The van der Waals surface area contributed by atoms with Crippen LogP contribution in [-0.2, 0) is 9.59 Å². The van der Waals surface area contributed by atoms with E-state index in [0.717, 1.165) is 5.56 Å². The predicted molar refractivity (Wildman–Crippen MR) is 69.2 cm³/mol. The van der Waals surface area contributed by atoms with Gasteiger partial charge in [0.15, 0.2) is 0 Å². The summed E-state index contributed by atoms with van der Waals surface area (Å²) < 4.78 is 0. The van der Waals surface area contributed by atoms with Crippen molar-refractivity contribution in [1.82, 2.24) is 10.3 Å². The number of hydrogen-bond acceptors (Lipinski definition) is 3. The molecule has 0 spiro atoms. The lowest BCUT2D eigenvalue weighted by atomic mass is 10.1. The lowest BCUT2D eigenvalue weighted by Crippen LogP contribution is -2.30. The minimum Gasteiger partial charge on any atom is -0.481 e. The van der Waals surface area contributed by atoms with E-state index in [0.29, 0.717) is 0 Å². The Kier molecular flexibility index (Phi) is 3.30.